The van der Waals surface area contributed by atoms with Gasteiger partial charge in [-0.15, -0.1) is 0 Å². The minimum Gasteiger partial charge on any atom is -0.326 e. The summed E-state index contributed by atoms with van der Waals surface area (Å²) in [4.78, 5) is 11.4. The van der Waals surface area contributed by atoms with Crippen molar-refractivity contribution in [1.82, 2.24) is 4.72 Å². The topological polar surface area (TPSA) is 75.3 Å². The fourth-order valence-electron chi connectivity index (χ4n) is 2.65. The number of anilines is 1. The van der Waals surface area contributed by atoms with E-state index in [1.165, 1.54) is 18.6 Å². The predicted molar refractivity (Wildman–Crippen MR) is 105 cm³/mol. The summed E-state index contributed by atoms with van der Waals surface area (Å²) in [7, 11) is -3.64. The normalized spacial score (nSPS) is 11.6. The molecule has 140 valence electrons. The summed E-state index contributed by atoms with van der Waals surface area (Å²) in [5.74, 6) is 0.233. The third-order valence-electron chi connectivity index (χ3n) is 4.15. The van der Waals surface area contributed by atoms with Crippen LogP contribution < -0.4 is 10.0 Å². The van der Waals surface area contributed by atoms with Crippen molar-refractivity contribution in [2.75, 3.05) is 11.9 Å². The van der Waals surface area contributed by atoms with Crippen LogP contribution in [-0.2, 0) is 21.2 Å². The van der Waals surface area contributed by atoms with Crippen LogP contribution in [0.25, 0.3) is 0 Å². The number of carbonyl (C=O) groups excluding carboxylic acids is 1. The molecule has 0 saturated heterocycles. The van der Waals surface area contributed by atoms with Crippen LogP contribution in [0.3, 0.4) is 0 Å². The number of benzene rings is 2. The van der Waals surface area contributed by atoms with Crippen LogP contribution in [0.5, 0.6) is 0 Å². The Morgan fingerprint density at radius 3 is 2.31 bits per heavy atom. The second-order valence-electron chi connectivity index (χ2n) is 6.71. The van der Waals surface area contributed by atoms with Crippen LogP contribution in [0.15, 0.2) is 47.4 Å². The molecule has 5 nitrogen and oxygen atoms in total. The molecule has 0 unspecified atom stereocenters. The zero-order valence-electron chi connectivity index (χ0n) is 15.7. The molecular weight excluding hydrogens is 348 g/mol. The average Bonchev–Trinajstić information content (AvgIpc) is 2.56. The van der Waals surface area contributed by atoms with E-state index in [2.05, 4.69) is 36.0 Å². The van der Waals surface area contributed by atoms with Gasteiger partial charge in [0.05, 0.1) is 4.90 Å². The molecule has 0 fully saturated rings. The van der Waals surface area contributed by atoms with E-state index < -0.39 is 10.0 Å². The monoisotopic (exact) mass is 374 g/mol. The number of amides is 1. The van der Waals surface area contributed by atoms with Gasteiger partial charge in [-0.2, -0.15) is 0 Å². The Bertz CT molecular complexity index is 872. The van der Waals surface area contributed by atoms with Crippen molar-refractivity contribution >= 4 is 21.6 Å². The summed E-state index contributed by atoms with van der Waals surface area (Å²) in [6, 6.07) is 13.1. The molecular formula is C20H26N2O3S. The van der Waals surface area contributed by atoms with Gasteiger partial charge in [0.15, 0.2) is 0 Å². The number of rotatable bonds is 7. The largest absolute Gasteiger partial charge is 0.326 e. The number of carbonyl (C=O) groups is 1. The molecule has 26 heavy (non-hydrogen) atoms. The van der Waals surface area contributed by atoms with Crippen LogP contribution in [0.4, 0.5) is 5.69 Å². The Hall–Kier alpha value is -2.18. The fraction of sp³-hybridized carbons (Fsp3) is 0.350. The average molecular weight is 375 g/mol. The maximum absolute atomic E-state index is 12.6. The molecule has 0 aliphatic carbocycles. The molecule has 2 N–H and O–H groups in total. The lowest BCUT2D eigenvalue weighted by molar-refractivity contribution is -0.114. The first kappa shape index (κ1) is 20.1. The smallest absolute Gasteiger partial charge is 0.240 e. The summed E-state index contributed by atoms with van der Waals surface area (Å²) in [6.07, 6.45) is 0.613. The molecule has 0 radical (unpaired) electrons. The van der Waals surface area contributed by atoms with Crippen molar-refractivity contribution in [2.45, 2.75) is 44.9 Å². The molecule has 0 bridgehead atoms. The SMILES string of the molecule is CC(=O)Nc1ccc(C)c(S(=O)(=O)NCCc2ccc(C(C)C)cc2)c1. The number of sulfonamides is 1. The standard InChI is InChI=1S/C20H26N2O3S/c1-14(2)18-8-6-17(7-9-18)11-12-21-26(24,25)20-13-19(22-16(4)23)10-5-15(20)3/h5-10,13-14,21H,11-12H2,1-4H3,(H,22,23). The van der Waals surface area contributed by atoms with Gasteiger partial charge in [-0.25, -0.2) is 13.1 Å². The Kier molecular flexibility index (Phi) is 6.56. The highest BCUT2D eigenvalue weighted by Crippen LogP contribution is 2.20. The molecule has 2 aromatic carbocycles. The lowest BCUT2D eigenvalue weighted by Crippen LogP contribution is -2.26. The highest BCUT2D eigenvalue weighted by atomic mass is 32.2. The van der Waals surface area contributed by atoms with Crippen molar-refractivity contribution in [3.8, 4) is 0 Å². The molecule has 0 aliphatic heterocycles. The number of aryl methyl sites for hydroxylation is 1. The molecule has 6 heteroatoms. The second-order valence-corrected chi connectivity index (χ2v) is 8.44. The summed E-state index contributed by atoms with van der Waals surface area (Å²) in [5, 5.41) is 2.61. The molecule has 0 saturated carbocycles. The maximum atomic E-state index is 12.6. The highest BCUT2D eigenvalue weighted by Gasteiger charge is 2.17. The van der Waals surface area contributed by atoms with E-state index in [9.17, 15) is 13.2 Å². The van der Waals surface area contributed by atoms with Gasteiger partial charge in [0.25, 0.3) is 0 Å². The molecule has 0 aliphatic rings. The lowest BCUT2D eigenvalue weighted by atomic mass is 10.0. The third-order valence-corrected chi connectivity index (χ3v) is 5.75. The van der Waals surface area contributed by atoms with E-state index in [1.807, 2.05) is 12.1 Å². The molecule has 2 rings (SSSR count). The van der Waals surface area contributed by atoms with Gasteiger partial charge in [0, 0.05) is 19.2 Å². The van der Waals surface area contributed by atoms with Crippen LogP contribution >= 0.6 is 0 Å². The Labute approximate surface area is 155 Å². The number of hydrogen-bond acceptors (Lipinski definition) is 3. The minimum atomic E-state index is -3.64. The zero-order chi connectivity index (χ0) is 19.3. The van der Waals surface area contributed by atoms with Gasteiger partial charge in [-0.05, 0) is 48.1 Å². The fourth-order valence-corrected chi connectivity index (χ4v) is 3.95. The Balaban J connectivity index is 2.05. The lowest BCUT2D eigenvalue weighted by Gasteiger charge is -2.12. The quantitative estimate of drug-likeness (QED) is 0.777. The van der Waals surface area contributed by atoms with E-state index in [0.717, 1.165) is 5.56 Å². The van der Waals surface area contributed by atoms with Gasteiger partial charge in [0.2, 0.25) is 15.9 Å². The van der Waals surface area contributed by atoms with Gasteiger partial charge in [-0.1, -0.05) is 44.2 Å². The Morgan fingerprint density at radius 1 is 1.08 bits per heavy atom. The molecule has 0 spiro atoms. The first-order chi connectivity index (χ1) is 12.2. The van der Waals surface area contributed by atoms with E-state index >= 15 is 0 Å². The van der Waals surface area contributed by atoms with E-state index in [-0.39, 0.29) is 10.8 Å². The maximum Gasteiger partial charge on any atom is 0.240 e. The Morgan fingerprint density at radius 2 is 1.73 bits per heavy atom. The molecule has 1 amide bonds. The molecule has 2 aromatic rings. The van der Waals surface area contributed by atoms with Gasteiger partial charge < -0.3 is 5.32 Å². The zero-order valence-corrected chi connectivity index (χ0v) is 16.5. The molecule has 0 aromatic heterocycles. The second kappa shape index (κ2) is 8.47. The van der Waals surface area contributed by atoms with E-state index in [0.29, 0.717) is 30.1 Å². The summed E-state index contributed by atoms with van der Waals surface area (Å²) >= 11 is 0. The van der Waals surface area contributed by atoms with Gasteiger partial charge in [0.1, 0.15) is 0 Å². The van der Waals surface area contributed by atoms with Gasteiger partial charge >= 0.3 is 0 Å². The predicted octanol–water partition coefficient (Wildman–Crippen LogP) is 3.60. The van der Waals surface area contributed by atoms with Crippen molar-refractivity contribution in [3.05, 3.63) is 59.2 Å². The molecule has 0 atom stereocenters. The van der Waals surface area contributed by atoms with Gasteiger partial charge in [-0.3, -0.25) is 4.79 Å². The molecule has 0 heterocycles. The summed E-state index contributed by atoms with van der Waals surface area (Å²) < 4.78 is 27.8. The summed E-state index contributed by atoms with van der Waals surface area (Å²) in [5.41, 5.74) is 3.45. The first-order valence-corrected chi connectivity index (χ1v) is 10.1. The van der Waals surface area contributed by atoms with Crippen LogP contribution in [0.2, 0.25) is 0 Å². The first-order valence-electron chi connectivity index (χ1n) is 8.66. The van der Waals surface area contributed by atoms with Crippen LogP contribution in [0.1, 0.15) is 43.4 Å². The number of nitrogens with one attached hydrogen (secondary N) is 2. The number of hydrogen-bond donors (Lipinski definition) is 2. The van der Waals surface area contributed by atoms with E-state index in [4.69, 9.17) is 0 Å². The minimum absolute atomic E-state index is 0.180. The summed E-state index contributed by atoms with van der Waals surface area (Å²) in [6.45, 7) is 7.71. The van der Waals surface area contributed by atoms with Crippen LogP contribution in [0, 0.1) is 6.92 Å². The van der Waals surface area contributed by atoms with Crippen molar-refractivity contribution in [3.63, 3.8) is 0 Å². The van der Waals surface area contributed by atoms with Crippen molar-refractivity contribution < 1.29 is 13.2 Å². The van der Waals surface area contributed by atoms with E-state index in [1.54, 1.807) is 19.1 Å². The third kappa shape index (κ3) is 5.41. The van der Waals surface area contributed by atoms with Crippen molar-refractivity contribution in [2.24, 2.45) is 0 Å². The van der Waals surface area contributed by atoms with Crippen LogP contribution in [-0.4, -0.2) is 20.9 Å². The highest BCUT2D eigenvalue weighted by molar-refractivity contribution is 7.89. The van der Waals surface area contributed by atoms with Crippen molar-refractivity contribution in [1.29, 1.82) is 0 Å².